The number of nitrogens with two attached hydrogens (primary N) is 1. The first kappa shape index (κ1) is 12.4. The molecule has 1 atom stereocenters. The molecule has 2 N–H and O–H groups in total. The van der Waals surface area contributed by atoms with Crippen LogP contribution in [0.4, 0.5) is 5.13 Å². The molecule has 1 aliphatic rings. The minimum Gasteiger partial charge on any atom is -0.375 e. The normalized spacial score (nSPS) is 19.8. The number of anilines is 1. The van der Waals surface area contributed by atoms with Gasteiger partial charge in [0.1, 0.15) is 0 Å². The second kappa shape index (κ2) is 4.81. The molecule has 4 nitrogen and oxygen atoms in total. The average molecular weight is 275 g/mol. The molecule has 0 saturated carbocycles. The van der Waals surface area contributed by atoms with E-state index in [2.05, 4.69) is 11.9 Å². The summed E-state index contributed by atoms with van der Waals surface area (Å²) in [5.74, 6) is 0.126. The van der Waals surface area contributed by atoms with Crippen molar-refractivity contribution in [3.8, 4) is 0 Å². The van der Waals surface area contributed by atoms with Crippen molar-refractivity contribution in [3.05, 3.63) is 23.8 Å². The lowest BCUT2D eigenvalue weighted by atomic mass is 10.0. The van der Waals surface area contributed by atoms with Gasteiger partial charge in [-0.05, 0) is 44.4 Å². The molecule has 1 aromatic carbocycles. The van der Waals surface area contributed by atoms with Crippen LogP contribution in [0.15, 0.2) is 18.2 Å². The van der Waals surface area contributed by atoms with Gasteiger partial charge in [-0.15, -0.1) is 0 Å². The van der Waals surface area contributed by atoms with Crippen LogP contribution in [0.2, 0.25) is 0 Å². The fourth-order valence-electron chi connectivity index (χ4n) is 2.64. The van der Waals surface area contributed by atoms with E-state index in [1.165, 1.54) is 17.8 Å². The summed E-state index contributed by atoms with van der Waals surface area (Å²) in [6.45, 7) is 2.99. The predicted octanol–water partition coefficient (Wildman–Crippen LogP) is 2.89. The molecule has 0 bridgehead atoms. The van der Waals surface area contributed by atoms with Crippen LogP contribution in [0.1, 0.15) is 36.5 Å². The lowest BCUT2D eigenvalue weighted by molar-refractivity contribution is 0.0636. The van der Waals surface area contributed by atoms with Crippen LogP contribution >= 0.6 is 11.3 Å². The van der Waals surface area contributed by atoms with Crippen molar-refractivity contribution in [1.82, 2.24) is 9.88 Å². The number of nitrogen functional groups attached to an aromatic ring is 1. The SMILES string of the molecule is C[C@H]1CCCCN1C(=O)c1ccc2nc(N)sc2c1. The van der Waals surface area contributed by atoms with Gasteiger partial charge < -0.3 is 10.6 Å². The van der Waals surface area contributed by atoms with Crippen molar-refractivity contribution < 1.29 is 4.79 Å². The number of piperidine rings is 1. The summed E-state index contributed by atoms with van der Waals surface area (Å²) in [5, 5.41) is 0.547. The average Bonchev–Trinajstić information content (AvgIpc) is 2.77. The molecule has 0 spiro atoms. The van der Waals surface area contributed by atoms with Crippen molar-refractivity contribution in [2.45, 2.75) is 32.2 Å². The van der Waals surface area contributed by atoms with Crippen LogP contribution in [0.5, 0.6) is 0 Å². The van der Waals surface area contributed by atoms with Crippen molar-refractivity contribution in [2.75, 3.05) is 12.3 Å². The Morgan fingerprint density at radius 3 is 3.11 bits per heavy atom. The number of hydrogen-bond acceptors (Lipinski definition) is 4. The van der Waals surface area contributed by atoms with E-state index in [1.54, 1.807) is 0 Å². The summed E-state index contributed by atoms with van der Waals surface area (Å²) in [4.78, 5) is 18.7. The van der Waals surface area contributed by atoms with Gasteiger partial charge in [0, 0.05) is 18.2 Å². The second-order valence-corrected chi connectivity index (χ2v) is 6.14. The van der Waals surface area contributed by atoms with Gasteiger partial charge in [0.25, 0.3) is 5.91 Å². The molecule has 2 heterocycles. The molecule has 3 rings (SSSR count). The maximum atomic E-state index is 12.5. The molecule has 0 radical (unpaired) electrons. The Bertz CT molecular complexity index is 622. The molecule has 100 valence electrons. The summed E-state index contributed by atoms with van der Waals surface area (Å²) in [7, 11) is 0. The highest BCUT2D eigenvalue weighted by Gasteiger charge is 2.24. The number of fused-ring (bicyclic) bond motifs is 1. The highest BCUT2D eigenvalue weighted by atomic mass is 32.1. The van der Waals surface area contributed by atoms with Gasteiger partial charge >= 0.3 is 0 Å². The van der Waals surface area contributed by atoms with Crippen LogP contribution in [0.3, 0.4) is 0 Å². The maximum Gasteiger partial charge on any atom is 0.254 e. The molecule has 1 aliphatic heterocycles. The standard InChI is InChI=1S/C14H17N3OS/c1-9-4-2-3-7-17(9)13(18)10-5-6-11-12(8-10)19-14(15)16-11/h5-6,8-9H,2-4,7H2,1H3,(H2,15,16)/t9-/m0/s1. The first-order valence-corrected chi connectivity index (χ1v) is 7.44. The third kappa shape index (κ3) is 2.30. The zero-order valence-corrected chi connectivity index (χ0v) is 11.7. The zero-order valence-electron chi connectivity index (χ0n) is 10.9. The first-order valence-electron chi connectivity index (χ1n) is 6.62. The Morgan fingerprint density at radius 1 is 1.47 bits per heavy atom. The van der Waals surface area contributed by atoms with Crippen LogP contribution in [0.25, 0.3) is 10.2 Å². The highest BCUT2D eigenvalue weighted by molar-refractivity contribution is 7.22. The van der Waals surface area contributed by atoms with Gasteiger partial charge in [-0.2, -0.15) is 0 Å². The number of aromatic nitrogens is 1. The number of amides is 1. The smallest absolute Gasteiger partial charge is 0.254 e. The van der Waals surface area contributed by atoms with Gasteiger partial charge in [-0.25, -0.2) is 4.98 Å². The second-order valence-electron chi connectivity index (χ2n) is 5.08. The quantitative estimate of drug-likeness (QED) is 0.870. The molecule has 1 fully saturated rings. The fraction of sp³-hybridized carbons (Fsp3) is 0.429. The minimum absolute atomic E-state index is 0.126. The third-order valence-electron chi connectivity index (χ3n) is 3.72. The Hall–Kier alpha value is -1.62. The van der Waals surface area contributed by atoms with Gasteiger partial charge in [0.2, 0.25) is 0 Å². The van der Waals surface area contributed by atoms with E-state index in [0.29, 0.717) is 11.2 Å². The summed E-state index contributed by atoms with van der Waals surface area (Å²) in [6.07, 6.45) is 3.42. The summed E-state index contributed by atoms with van der Waals surface area (Å²) in [6, 6.07) is 5.98. The molecular weight excluding hydrogens is 258 g/mol. The van der Waals surface area contributed by atoms with E-state index in [1.807, 2.05) is 23.1 Å². The Kier molecular flexibility index (Phi) is 3.14. The van der Waals surface area contributed by atoms with Gasteiger partial charge in [-0.1, -0.05) is 11.3 Å². The minimum atomic E-state index is 0.126. The molecule has 1 amide bonds. The molecule has 5 heteroatoms. The molecule has 0 aliphatic carbocycles. The lowest BCUT2D eigenvalue weighted by Crippen LogP contribution is -2.41. The number of likely N-dealkylation sites (tertiary alicyclic amines) is 1. The topological polar surface area (TPSA) is 59.2 Å². The first-order chi connectivity index (χ1) is 9.15. The monoisotopic (exact) mass is 275 g/mol. The van der Waals surface area contributed by atoms with Crippen LogP contribution in [0, 0.1) is 0 Å². The van der Waals surface area contributed by atoms with E-state index < -0.39 is 0 Å². The maximum absolute atomic E-state index is 12.5. The largest absolute Gasteiger partial charge is 0.375 e. The van der Waals surface area contributed by atoms with Crippen molar-refractivity contribution in [3.63, 3.8) is 0 Å². The van der Waals surface area contributed by atoms with E-state index in [9.17, 15) is 4.79 Å². The molecule has 1 aromatic heterocycles. The molecule has 19 heavy (non-hydrogen) atoms. The number of benzene rings is 1. The highest BCUT2D eigenvalue weighted by Crippen LogP contribution is 2.26. The predicted molar refractivity (Wildman–Crippen MR) is 78.4 cm³/mol. The molecular formula is C14H17N3OS. The van der Waals surface area contributed by atoms with Gasteiger partial charge in [0.05, 0.1) is 10.2 Å². The number of carbonyl (C=O) groups excluding carboxylic acids is 1. The van der Waals surface area contributed by atoms with Crippen molar-refractivity contribution >= 4 is 32.6 Å². The zero-order chi connectivity index (χ0) is 13.4. The van der Waals surface area contributed by atoms with Crippen molar-refractivity contribution in [1.29, 1.82) is 0 Å². The number of rotatable bonds is 1. The van der Waals surface area contributed by atoms with E-state index in [4.69, 9.17) is 5.73 Å². The Morgan fingerprint density at radius 2 is 2.32 bits per heavy atom. The van der Waals surface area contributed by atoms with Gasteiger partial charge in [0.15, 0.2) is 5.13 Å². The number of hydrogen-bond donors (Lipinski definition) is 1. The van der Waals surface area contributed by atoms with Crippen LogP contribution < -0.4 is 5.73 Å². The fourth-order valence-corrected chi connectivity index (χ4v) is 3.41. The number of nitrogens with zero attached hydrogens (tertiary/aromatic N) is 2. The molecule has 0 unspecified atom stereocenters. The Labute approximate surface area is 116 Å². The summed E-state index contributed by atoms with van der Waals surface area (Å²) in [5.41, 5.74) is 7.30. The summed E-state index contributed by atoms with van der Waals surface area (Å²) < 4.78 is 0.980. The van der Waals surface area contributed by atoms with Gasteiger partial charge in [-0.3, -0.25) is 4.79 Å². The lowest BCUT2D eigenvalue weighted by Gasteiger charge is -2.33. The third-order valence-corrected chi connectivity index (χ3v) is 4.56. The molecule has 2 aromatic rings. The molecule has 1 saturated heterocycles. The Balaban J connectivity index is 1.92. The van der Waals surface area contributed by atoms with E-state index in [-0.39, 0.29) is 5.91 Å². The van der Waals surface area contributed by atoms with E-state index >= 15 is 0 Å². The van der Waals surface area contributed by atoms with Crippen molar-refractivity contribution in [2.24, 2.45) is 0 Å². The van der Waals surface area contributed by atoms with Crippen LogP contribution in [-0.4, -0.2) is 28.4 Å². The van der Waals surface area contributed by atoms with E-state index in [0.717, 1.165) is 35.2 Å². The number of thiazole rings is 1. The summed E-state index contributed by atoms with van der Waals surface area (Å²) >= 11 is 1.43. The number of carbonyl (C=O) groups is 1. The van der Waals surface area contributed by atoms with Crippen LogP contribution in [-0.2, 0) is 0 Å².